The van der Waals surface area contributed by atoms with Gasteiger partial charge in [-0.25, -0.2) is 0 Å². The second kappa shape index (κ2) is 8.64. The van der Waals surface area contributed by atoms with E-state index in [1.54, 1.807) is 6.07 Å². The summed E-state index contributed by atoms with van der Waals surface area (Å²) < 4.78 is 5.36. The molecular formula is C20H23N3O4. The number of non-ortho nitro benzene ring substituents is 1. The topological polar surface area (TPSA) is 84.7 Å². The fourth-order valence-electron chi connectivity index (χ4n) is 3.14. The van der Waals surface area contributed by atoms with Crippen molar-refractivity contribution in [2.24, 2.45) is 0 Å². The molecule has 1 aliphatic rings. The van der Waals surface area contributed by atoms with Crippen molar-refractivity contribution in [3.8, 4) is 0 Å². The van der Waals surface area contributed by atoms with E-state index in [-0.39, 0.29) is 17.5 Å². The van der Waals surface area contributed by atoms with Gasteiger partial charge in [0.15, 0.2) is 0 Å². The molecule has 7 heteroatoms. The Morgan fingerprint density at radius 3 is 2.59 bits per heavy atom. The summed E-state index contributed by atoms with van der Waals surface area (Å²) in [4.78, 5) is 25.5. The highest BCUT2D eigenvalue weighted by Gasteiger charge is 2.22. The van der Waals surface area contributed by atoms with E-state index in [4.69, 9.17) is 4.74 Å². The summed E-state index contributed by atoms with van der Waals surface area (Å²) in [7, 11) is 0. The third kappa shape index (κ3) is 4.62. The number of nitrogens with one attached hydrogen (secondary N) is 1. The average molecular weight is 369 g/mol. The molecule has 0 aliphatic carbocycles. The van der Waals surface area contributed by atoms with E-state index in [9.17, 15) is 14.9 Å². The Hall–Kier alpha value is -2.93. The smallest absolute Gasteiger partial charge is 0.270 e. The van der Waals surface area contributed by atoms with Crippen molar-refractivity contribution >= 4 is 17.3 Å². The highest BCUT2D eigenvalue weighted by Crippen LogP contribution is 2.26. The maximum absolute atomic E-state index is 12.8. The number of ether oxygens (including phenoxy) is 1. The van der Waals surface area contributed by atoms with Gasteiger partial charge in [-0.05, 0) is 17.5 Å². The van der Waals surface area contributed by atoms with E-state index in [2.05, 4.69) is 5.32 Å². The molecule has 1 aliphatic heterocycles. The highest BCUT2D eigenvalue weighted by atomic mass is 16.6. The Labute approximate surface area is 158 Å². The zero-order valence-electron chi connectivity index (χ0n) is 15.3. The number of amides is 1. The first-order chi connectivity index (χ1) is 13.1. The largest absolute Gasteiger partial charge is 0.378 e. The molecule has 142 valence electrons. The molecule has 1 saturated heterocycles. The van der Waals surface area contributed by atoms with Gasteiger partial charge >= 0.3 is 0 Å². The van der Waals surface area contributed by atoms with Crippen LogP contribution in [0.15, 0.2) is 48.5 Å². The molecule has 1 amide bonds. The summed E-state index contributed by atoms with van der Waals surface area (Å²) in [6, 6.07) is 14.4. The van der Waals surface area contributed by atoms with Gasteiger partial charge in [-0.15, -0.1) is 0 Å². The zero-order chi connectivity index (χ0) is 19.2. The standard InChI is InChI=1S/C20H23N3O4/c1-15(16-5-3-2-4-6-16)14-21-20(24)18-13-17(23(25)26)7-8-19(18)22-9-11-27-12-10-22/h2-8,13,15H,9-12,14H2,1H3,(H,21,24)/t15-/m1/s1. The number of morpholine rings is 1. The second-order valence-corrected chi connectivity index (χ2v) is 6.58. The quantitative estimate of drug-likeness (QED) is 0.625. The van der Waals surface area contributed by atoms with Crippen LogP contribution >= 0.6 is 0 Å². The molecule has 1 fully saturated rings. The van der Waals surface area contributed by atoms with Crippen molar-refractivity contribution in [3.63, 3.8) is 0 Å². The van der Waals surface area contributed by atoms with Crippen molar-refractivity contribution in [2.45, 2.75) is 12.8 Å². The number of nitro benzene ring substituents is 1. The summed E-state index contributed by atoms with van der Waals surface area (Å²) in [5.41, 5.74) is 2.07. The van der Waals surface area contributed by atoms with Gasteiger partial charge in [0.25, 0.3) is 11.6 Å². The van der Waals surface area contributed by atoms with Crippen LogP contribution in [0.25, 0.3) is 0 Å². The summed E-state index contributed by atoms with van der Waals surface area (Å²) in [5, 5.41) is 14.1. The number of benzene rings is 2. The molecule has 2 aromatic rings. The van der Waals surface area contributed by atoms with E-state index in [0.29, 0.717) is 44.1 Å². The molecule has 27 heavy (non-hydrogen) atoms. The average Bonchev–Trinajstić information content (AvgIpc) is 2.72. The molecule has 0 radical (unpaired) electrons. The van der Waals surface area contributed by atoms with Gasteiger partial charge in [0.1, 0.15) is 0 Å². The fraction of sp³-hybridized carbons (Fsp3) is 0.350. The van der Waals surface area contributed by atoms with Crippen molar-refractivity contribution in [3.05, 3.63) is 69.8 Å². The maximum Gasteiger partial charge on any atom is 0.270 e. The fourth-order valence-corrected chi connectivity index (χ4v) is 3.14. The van der Waals surface area contributed by atoms with Crippen LogP contribution < -0.4 is 10.2 Å². The first kappa shape index (κ1) is 18.8. The number of hydrogen-bond acceptors (Lipinski definition) is 5. The minimum atomic E-state index is -0.480. The third-order valence-electron chi connectivity index (χ3n) is 4.72. The van der Waals surface area contributed by atoms with Crippen LogP contribution in [0.2, 0.25) is 0 Å². The van der Waals surface area contributed by atoms with Gasteiger partial charge in [0.05, 0.1) is 29.4 Å². The number of nitrogens with zero attached hydrogens (tertiary/aromatic N) is 2. The Bertz CT molecular complexity index is 804. The Morgan fingerprint density at radius 1 is 1.22 bits per heavy atom. The number of anilines is 1. The molecule has 1 N–H and O–H groups in total. The minimum Gasteiger partial charge on any atom is -0.378 e. The number of carbonyl (C=O) groups excluding carboxylic acids is 1. The Kier molecular flexibility index (Phi) is 6.03. The molecular weight excluding hydrogens is 346 g/mol. The number of carbonyl (C=O) groups is 1. The van der Waals surface area contributed by atoms with Gasteiger partial charge in [-0.1, -0.05) is 37.3 Å². The van der Waals surface area contributed by atoms with E-state index in [0.717, 1.165) is 5.56 Å². The van der Waals surface area contributed by atoms with Crippen LogP contribution in [0, 0.1) is 10.1 Å². The number of nitro groups is 1. The molecule has 0 spiro atoms. The van der Waals surface area contributed by atoms with Crippen LogP contribution in [0.4, 0.5) is 11.4 Å². The van der Waals surface area contributed by atoms with Crippen molar-refractivity contribution in [1.29, 1.82) is 0 Å². The van der Waals surface area contributed by atoms with E-state index in [1.807, 2.05) is 42.2 Å². The molecule has 0 bridgehead atoms. The molecule has 1 heterocycles. The molecule has 0 unspecified atom stereocenters. The second-order valence-electron chi connectivity index (χ2n) is 6.58. The summed E-state index contributed by atoms with van der Waals surface area (Å²) in [6.45, 7) is 4.93. The van der Waals surface area contributed by atoms with Crippen LogP contribution in [-0.4, -0.2) is 43.7 Å². The SMILES string of the molecule is C[C@H](CNC(=O)c1cc([N+](=O)[O-])ccc1N1CCOCC1)c1ccccc1. The maximum atomic E-state index is 12.8. The lowest BCUT2D eigenvalue weighted by atomic mass is 10.0. The Balaban J connectivity index is 1.78. The van der Waals surface area contributed by atoms with Gasteiger partial charge < -0.3 is 15.0 Å². The summed E-state index contributed by atoms with van der Waals surface area (Å²) in [5.74, 6) is -0.163. The zero-order valence-corrected chi connectivity index (χ0v) is 15.3. The predicted octanol–water partition coefficient (Wildman–Crippen LogP) is 2.96. The van der Waals surface area contributed by atoms with E-state index in [1.165, 1.54) is 12.1 Å². The van der Waals surface area contributed by atoms with Crippen LogP contribution in [0.3, 0.4) is 0 Å². The van der Waals surface area contributed by atoms with E-state index < -0.39 is 4.92 Å². The molecule has 0 aromatic heterocycles. The summed E-state index contributed by atoms with van der Waals surface area (Å²) in [6.07, 6.45) is 0. The first-order valence-electron chi connectivity index (χ1n) is 9.00. The monoisotopic (exact) mass is 369 g/mol. The van der Waals surface area contributed by atoms with Crippen LogP contribution in [0.1, 0.15) is 28.8 Å². The van der Waals surface area contributed by atoms with Gasteiger partial charge in [0, 0.05) is 31.8 Å². The summed E-state index contributed by atoms with van der Waals surface area (Å²) >= 11 is 0. The van der Waals surface area contributed by atoms with Crippen LogP contribution in [0.5, 0.6) is 0 Å². The molecule has 1 atom stereocenters. The number of hydrogen-bond donors (Lipinski definition) is 1. The van der Waals surface area contributed by atoms with Gasteiger partial charge in [-0.2, -0.15) is 0 Å². The van der Waals surface area contributed by atoms with Gasteiger partial charge in [-0.3, -0.25) is 14.9 Å². The third-order valence-corrected chi connectivity index (χ3v) is 4.72. The lowest BCUT2D eigenvalue weighted by Crippen LogP contribution is -2.38. The Morgan fingerprint density at radius 2 is 1.93 bits per heavy atom. The minimum absolute atomic E-state index is 0.0896. The van der Waals surface area contributed by atoms with Crippen molar-refractivity contribution in [2.75, 3.05) is 37.7 Å². The lowest BCUT2D eigenvalue weighted by molar-refractivity contribution is -0.384. The van der Waals surface area contributed by atoms with Gasteiger partial charge in [0.2, 0.25) is 0 Å². The molecule has 2 aromatic carbocycles. The van der Waals surface area contributed by atoms with Crippen LogP contribution in [-0.2, 0) is 4.74 Å². The molecule has 7 nitrogen and oxygen atoms in total. The highest BCUT2D eigenvalue weighted by molar-refractivity contribution is 6.00. The molecule has 0 saturated carbocycles. The van der Waals surface area contributed by atoms with Crippen molar-refractivity contribution < 1.29 is 14.5 Å². The van der Waals surface area contributed by atoms with Crippen molar-refractivity contribution in [1.82, 2.24) is 5.32 Å². The molecule has 3 rings (SSSR count). The normalized spacial score (nSPS) is 15.2. The predicted molar refractivity (Wildman–Crippen MR) is 103 cm³/mol. The first-order valence-corrected chi connectivity index (χ1v) is 9.00. The lowest BCUT2D eigenvalue weighted by Gasteiger charge is -2.30. The number of rotatable bonds is 6. The van der Waals surface area contributed by atoms with E-state index >= 15 is 0 Å².